The molecule has 2 N–H and O–H groups in total. The molecule has 1 atom stereocenters. The Morgan fingerprint density at radius 2 is 2.12 bits per heavy atom. The second-order valence-electron chi connectivity index (χ2n) is 6.12. The highest BCUT2D eigenvalue weighted by Gasteiger charge is 2.32. The predicted molar refractivity (Wildman–Crippen MR) is 90.4 cm³/mol. The van der Waals surface area contributed by atoms with E-state index in [0.717, 1.165) is 5.56 Å². The van der Waals surface area contributed by atoms with Gasteiger partial charge in [-0.05, 0) is 36.8 Å². The normalized spacial score (nSPS) is 19.9. The van der Waals surface area contributed by atoms with Crippen LogP contribution in [0.25, 0.3) is 0 Å². The van der Waals surface area contributed by atoms with Crippen LogP contribution in [0.2, 0.25) is 0 Å². The van der Waals surface area contributed by atoms with Gasteiger partial charge in [-0.25, -0.2) is 0 Å². The van der Waals surface area contributed by atoms with Crippen LogP contribution >= 0.6 is 0 Å². The maximum Gasteiger partial charge on any atom is 0.255 e. The summed E-state index contributed by atoms with van der Waals surface area (Å²) in [5.74, 6) is 0.881. The van der Waals surface area contributed by atoms with E-state index in [2.05, 4.69) is 5.32 Å². The number of amides is 1. The zero-order chi connectivity index (χ0) is 17.0. The van der Waals surface area contributed by atoms with Crippen LogP contribution in [-0.4, -0.2) is 36.4 Å². The van der Waals surface area contributed by atoms with Crippen molar-refractivity contribution in [2.45, 2.75) is 18.9 Å². The monoisotopic (exact) mass is 327 g/mol. The summed E-state index contributed by atoms with van der Waals surface area (Å²) in [6, 6.07) is 14.7. The Morgan fingerprint density at radius 3 is 2.88 bits per heavy atom. The van der Waals surface area contributed by atoms with E-state index in [-0.39, 0.29) is 19.1 Å². The molecular weight excluding hydrogens is 306 g/mol. The van der Waals surface area contributed by atoms with Gasteiger partial charge in [-0.2, -0.15) is 0 Å². The van der Waals surface area contributed by atoms with Gasteiger partial charge in [0.25, 0.3) is 5.91 Å². The predicted octanol–water partition coefficient (Wildman–Crippen LogP) is 2.67. The third kappa shape index (κ3) is 3.93. The van der Waals surface area contributed by atoms with Gasteiger partial charge < -0.3 is 19.9 Å². The molecule has 0 bridgehead atoms. The number of nitrogens with one attached hydrogen (secondary N) is 1. The van der Waals surface area contributed by atoms with Crippen molar-refractivity contribution in [2.24, 2.45) is 0 Å². The van der Waals surface area contributed by atoms with E-state index in [9.17, 15) is 9.90 Å². The van der Waals surface area contributed by atoms with Crippen LogP contribution in [0.3, 0.4) is 0 Å². The average molecular weight is 327 g/mol. The molecule has 1 amide bonds. The fourth-order valence-corrected chi connectivity index (χ4v) is 2.62. The lowest BCUT2D eigenvalue weighted by atomic mass is 10.0. The molecule has 0 radical (unpaired) electrons. The van der Waals surface area contributed by atoms with Crippen molar-refractivity contribution in [3.8, 4) is 11.5 Å². The number of rotatable bonds is 5. The molecule has 0 aromatic heterocycles. The van der Waals surface area contributed by atoms with Gasteiger partial charge in [0.05, 0.1) is 12.2 Å². The first-order valence-corrected chi connectivity index (χ1v) is 7.98. The van der Waals surface area contributed by atoms with Gasteiger partial charge in [-0.3, -0.25) is 4.79 Å². The quantitative estimate of drug-likeness (QED) is 0.886. The summed E-state index contributed by atoms with van der Waals surface area (Å²) in [4.78, 5) is 12.5. The third-order valence-corrected chi connectivity index (χ3v) is 4.01. The molecule has 1 unspecified atom stereocenters. The molecule has 1 aliphatic heterocycles. The third-order valence-electron chi connectivity index (χ3n) is 4.01. The number of carbonyl (C=O) groups is 1. The zero-order valence-corrected chi connectivity index (χ0v) is 13.6. The number of hydrogen-bond donors (Lipinski definition) is 2. The van der Waals surface area contributed by atoms with Crippen molar-refractivity contribution >= 4 is 5.91 Å². The standard InChI is InChI=1S/C19H21NO4/c1-14-5-4-6-15(11-14)24-17-8-3-2-7-16(17)18(21)20-12-19(22)9-10-23-13-19/h2-8,11,22H,9-10,12-13H2,1H3,(H,20,21). The van der Waals surface area contributed by atoms with Crippen molar-refractivity contribution in [3.63, 3.8) is 0 Å². The maximum absolute atomic E-state index is 12.5. The van der Waals surface area contributed by atoms with E-state index in [1.165, 1.54) is 0 Å². The van der Waals surface area contributed by atoms with Gasteiger partial charge in [-0.15, -0.1) is 0 Å². The summed E-state index contributed by atoms with van der Waals surface area (Å²) >= 11 is 0. The van der Waals surface area contributed by atoms with E-state index in [0.29, 0.717) is 30.1 Å². The molecule has 0 spiro atoms. The number of benzene rings is 2. The highest BCUT2D eigenvalue weighted by Crippen LogP contribution is 2.26. The minimum atomic E-state index is -0.984. The zero-order valence-electron chi connectivity index (χ0n) is 13.6. The molecule has 24 heavy (non-hydrogen) atoms. The summed E-state index contributed by atoms with van der Waals surface area (Å²) in [6.07, 6.45) is 0.523. The van der Waals surface area contributed by atoms with E-state index in [4.69, 9.17) is 9.47 Å². The van der Waals surface area contributed by atoms with Crippen LogP contribution in [0.15, 0.2) is 48.5 Å². The minimum absolute atomic E-state index is 0.157. The Kier molecular flexibility index (Phi) is 4.83. The van der Waals surface area contributed by atoms with Crippen molar-refractivity contribution in [3.05, 3.63) is 59.7 Å². The lowest BCUT2D eigenvalue weighted by Crippen LogP contribution is -2.43. The largest absolute Gasteiger partial charge is 0.457 e. The summed E-state index contributed by atoms with van der Waals surface area (Å²) in [6.45, 7) is 2.90. The Balaban J connectivity index is 1.72. The van der Waals surface area contributed by atoms with Crippen LogP contribution in [0.5, 0.6) is 11.5 Å². The first-order valence-electron chi connectivity index (χ1n) is 7.98. The van der Waals surface area contributed by atoms with Gasteiger partial charge in [0, 0.05) is 19.6 Å². The Labute approximate surface area is 141 Å². The van der Waals surface area contributed by atoms with Gasteiger partial charge in [-0.1, -0.05) is 24.3 Å². The fourth-order valence-electron chi connectivity index (χ4n) is 2.62. The van der Waals surface area contributed by atoms with Crippen LogP contribution in [0, 0.1) is 6.92 Å². The van der Waals surface area contributed by atoms with Gasteiger partial charge in [0.1, 0.15) is 17.1 Å². The molecular formula is C19H21NO4. The van der Waals surface area contributed by atoms with Crippen molar-refractivity contribution < 1.29 is 19.4 Å². The molecule has 1 saturated heterocycles. The molecule has 126 valence electrons. The van der Waals surface area contributed by atoms with Crippen LogP contribution in [0.1, 0.15) is 22.3 Å². The molecule has 5 nitrogen and oxygen atoms in total. The Hall–Kier alpha value is -2.37. The molecule has 2 aromatic carbocycles. The topological polar surface area (TPSA) is 67.8 Å². The molecule has 5 heteroatoms. The second kappa shape index (κ2) is 7.03. The second-order valence-corrected chi connectivity index (χ2v) is 6.12. The summed E-state index contributed by atoms with van der Waals surface area (Å²) < 4.78 is 11.0. The lowest BCUT2D eigenvalue weighted by Gasteiger charge is -2.21. The fraction of sp³-hybridized carbons (Fsp3) is 0.316. The number of para-hydroxylation sites is 1. The van der Waals surface area contributed by atoms with E-state index < -0.39 is 5.60 Å². The lowest BCUT2D eigenvalue weighted by molar-refractivity contribution is 0.0264. The number of ether oxygens (including phenoxy) is 2. The van der Waals surface area contributed by atoms with Crippen LogP contribution in [0.4, 0.5) is 0 Å². The summed E-state index contributed by atoms with van der Waals surface area (Å²) in [7, 11) is 0. The number of hydrogen-bond acceptors (Lipinski definition) is 4. The number of aliphatic hydroxyl groups is 1. The summed E-state index contributed by atoms with van der Waals surface area (Å²) in [5, 5.41) is 13.0. The van der Waals surface area contributed by atoms with Gasteiger partial charge >= 0.3 is 0 Å². The Bertz CT molecular complexity index is 723. The van der Waals surface area contributed by atoms with E-state index >= 15 is 0 Å². The van der Waals surface area contributed by atoms with Gasteiger partial charge in [0.15, 0.2) is 0 Å². The highest BCUT2D eigenvalue weighted by molar-refractivity contribution is 5.97. The molecule has 3 rings (SSSR count). The Morgan fingerprint density at radius 1 is 1.29 bits per heavy atom. The first-order chi connectivity index (χ1) is 11.6. The van der Waals surface area contributed by atoms with Gasteiger partial charge in [0.2, 0.25) is 0 Å². The minimum Gasteiger partial charge on any atom is -0.457 e. The molecule has 0 saturated carbocycles. The molecule has 1 aliphatic rings. The molecule has 1 fully saturated rings. The van der Waals surface area contributed by atoms with Crippen LogP contribution < -0.4 is 10.1 Å². The molecule has 2 aromatic rings. The SMILES string of the molecule is Cc1cccc(Oc2ccccc2C(=O)NCC2(O)CCOC2)c1. The van der Waals surface area contributed by atoms with Crippen molar-refractivity contribution in [1.29, 1.82) is 0 Å². The average Bonchev–Trinajstić information content (AvgIpc) is 3.00. The molecule has 0 aliphatic carbocycles. The van der Waals surface area contributed by atoms with Crippen LogP contribution in [-0.2, 0) is 4.74 Å². The maximum atomic E-state index is 12.5. The first kappa shape index (κ1) is 16.5. The van der Waals surface area contributed by atoms with E-state index in [1.807, 2.05) is 37.3 Å². The number of aryl methyl sites for hydroxylation is 1. The van der Waals surface area contributed by atoms with Crippen molar-refractivity contribution in [2.75, 3.05) is 19.8 Å². The smallest absolute Gasteiger partial charge is 0.255 e. The summed E-state index contributed by atoms with van der Waals surface area (Å²) in [5.41, 5.74) is 0.529. The highest BCUT2D eigenvalue weighted by atomic mass is 16.5. The van der Waals surface area contributed by atoms with Crippen molar-refractivity contribution in [1.82, 2.24) is 5.32 Å². The number of carbonyl (C=O) groups excluding carboxylic acids is 1. The molecule has 1 heterocycles. The van der Waals surface area contributed by atoms with E-state index in [1.54, 1.807) is 18.2 Å².